The molecule has 1 saturated heterocycles. The zero-order valence-electron chi connectivity index (χ0n) is 27.6. The van der Waals surface area contributed by atoms with Crippen molar-refractivity contribution in [1.29, 1.82) is 0 Å². The van der Waals surface area contributed by atoms with Gasteiger partial charge >= 0.3 is 6.18 Å². The van der Waals surface area contributed by atoms with E-state index in [1.165, 1.54) is 17.4 Å². The molecule has 12 heteroatoms. The number of carbonyl (C=O) groups is 2. The Labute approximate surface area is 292 Å². The average molecular weight is 702 g/mol. The van der Waals surface area contributed by atoms with Crippen molar-refractivity contribution in [3.8, 4) is 5.69 Å². The minimum absolute atomic E-state index is 0.0453. The normalized spacial score (nSPS) is 16.6. The lowest BCUT2D eigenvalue weighted by Gasteiger charge is -2.30. The van der Waals surface area contributed by atoms with Gasteiger partial charge in [0.1, 0.15) is 5.01 Å². The van der Waals surface area contributed by atoms with Gasteiger partial charge in [0, 0.05) is 53.4 Å². The van der Waals surface area contributed by atoms with Crippen molar-refractivity contribution < 1.29 is 27.9 Å². The van der Waals surface area contributed by atoms with E-state index in [9.17, 15) is 27.9 Å². The number of benzene rings is 3. The first-order chi connectivity index (χ1) is 24.0. The highest BCUT2D eigenvalue weighted by molar-refractivity contribution is 7.09. The van der Waals surface area contributed by atoms with E-state index in [0.29, 0.717) is 28.9 Å². The van der Waals surface area contributed by atoms with Crippen LogP contribution in [0.3, 0.4) is 0 Å². The molecule has 0 spiro atoms. The molecule has 1 aliphatic heterocycles. The number of carbonyl (C=O) groups excluding carboxylic acids is 2. The van der Waals surface area contributed by atoms with Gasteiger partial charge in [-0.25, -0.2) is 4.98 Å². The summed E-state index contributed by atoms with van der Waals surface area (Å²) >= 11 is 1.54. The van der Waals surface area contributed by atoms with Crippen molar-refractivity contribution in [3.63, 3.8) is 0 Å². The maximum Gasteiger partial charge on any atom is 0.416 e. The molecule has 8 nitrogen and oxygen atoms in total. The van der Waals surface area contributed by atoms with Gasteiger partial charge in [-0.05, 0) is 74.2 Å². The number of aliphatic hydroxyl groups excluding tert-OH is 1. The molecule has 3 N–H and O–H groups in total. The van der Waals surface area contributed by atoms with Crippen LogP contribution in [0.4, 0.5) is 13.2 Å². The van der Waals surface area contributed by atoms with Gasteiger partial charge in [-0.1, -0.05) is 48.5 Å². The molecular weight excluding hydrogens is 664 g/mol. The summed E-state index contributed by atoms with van der Waals surface area (Å²) in [6.45, 7) is 4.22. The Kier molecular flexibility index (Phi) is 10.5. The van der Waals surface area contributed by atoms with E-state index in [1.54, 1.807) is 55.5 Å². The van der Waals surface area contributed by atoms with Gasteiger partial charge in [-0.2, -0.15) is 13.2 Å². The number of rotatable bonds is 11. The zero-order valence-corrected chi connectivity index (χ0v) is 28.4. The van der Waals surface area contributed by atoms with Crippen LogP contribution in [0, 0.1) is 6.92 Å². The summed E-state index contributed by atoms with van der Waals surface area (Å²) in [4.78, 5) is 34.3. The van der Waals surface area contributed by atoms with Gasteiger partial charge in [0.25, 0.3) is 11.8 Å². The fourth-order valence-electron chi connectivity index (χ4n) is 6.32. The molecule has 1 fully saturated rings. The summed E-state index contributed by atoms with van der Waals surface area (Å²) in [6, 6.07) is 21.1. The smallest absolute Gasteiger partial charge is 0.389 e. The van der Waals surface area contributed by atoms with E-state index in [4.69, 9.17) is 0 Å². The van der Waals surface area contributed by atoms with Crippen molar-refractivity contribution >= 4 is 23.2 Å². The minimum atomic E-state index is -4.48. The molecule has 260 valence electrons. The van der Waals surface area contributed by atoms with Crippen molar-refractivity contribution in [3.05, 3.63) is 141 Å². The topological polar surface area (TPSA) is 99.5 Å². The van der Waals surface area contributed by atoms with Crippen LogP contribution in [0.5, 0.6) is 0 Å². The first-order valence-electron chi connectivity index (χ1n) is 16.4. The molecular formula is C38H38F3N5O3S. The molecule has 0 radical (unpaired) electrons. The lowest BCUT2D eigenvalue weighted by Crippen LogP contribution is -2.47. The fourth-order valence-corrected chi connectivity index (χ4v) is 7.27. The molecule has 5 aromatic rings. The number of hydrogen-bond acceptors (Lipinski definition) is 6. The third kappa shape index (κ3) is 7.99. The number of aliphatic hydroxyl groups is 1. The van der Waals surface area contributed by atoms with Crippen molar-refractivity contribution in [2.24, 2.45) is 0 Å². The zero-order chi connectivity index (χ0) is 35.4. The molecule has 0 saturated carbocycles. The SMILES string of the molecule is Cc1csc(C2CCCN2C(=O)c2cc(C(=O)NC(C)C(O)C(NCc3cccc(C(F)(F)F)c3)c3ccccc3)cc(-n3cccc3)c2)n1. The highest BCUT2D eigenvalue weighted by Crippen LogP contribution is 2.35. The van der Waals surface area contributed by atoms with Gasteiger partial charge in [0.05, 0.1) is 29.8 Å². The highest BCUT2D eigenvalue weighted by Gasteiger charge is 2.34. The third-order valence-electron chi connectivity index (χ3n) is 8.92. The molecule has 1 aliphatic rings. The number of aryl methyl sites for hydroxylation is 1. The molecule has 50 heavy (non-hydrogen) atoms. The molecule has 0 aliphatic carbocycles. The van der Waals surface area contributed by atoms with Crippen molar-refractivity contribution in [2.45, 2.75) is 63.6 Å². The number of nitrogens with zero attached hydrogens (tertiary/aromatic N) is 3. The van der Waals surface area contributed by atoms with Gasteiger partial charge in [0.15, 0.2) is 0 Å². The lowest BCUT2D eigenvalue weighted by atomic mass is 9.96. The molecule has 3 heterocycles. The number of thiazole rings is 1. The number of nitrogens with one attached hydrogen (secondary N) is 2. The highest BCUT2D eigenvalue weighted by atomic mass is 32.1. The van der Waals surface area contributed by atoms with Crippen LogP contribution in [0.2, 0.25) is 0 Å². The number of likely N-dealkylation sites (tertiary alicyclic amines) is 1. The molecule has 2 aromatic heterocycles. The maximum absolute atomic E-state index is 14.0. The maximum atomic E-state index is 14.0. The first kappa shape index (κ1) is 35.1. The van der Waals surface area contributed by atoms with Crippen LogP contribution in [0.1, 0.15) is 80.0 Å². The number of hydrogen-bond donors (Lipinski definition) is 3. The van der Waals surface area contributed by atoms with Gasteiger partial charge in [-0.3, -0.25) is 9.59 Å². The third-order valence-corrected chi connectivity index (χ3v) is 9.98. The van der Waals surface area contributed by atoms with E-state index < -0.39 is 35.8 Å². The second-order valence-electron chi connectivity index (χ2n) is 12.6. The Balaban J connectivity index is 1.23. The summed E-state index contributed by atoms with van der Waals surface area (Å²) in [7, 11) is 0. The Hall–Kier alpha value is -4.78. The number of alkyl halides is 3. The first-order valence-corrected chi connectivity index (χ1v) is 17.3. The summed E-state index contributed by atoms with van der Waals surface area (Å²) in [5, 5.41) is 20.6. The summed E-state index contributed by atoms with van der Waals surface area (Å²) in [6.07, 6.45) is -0.340. The van der Waals surface area contributed by atoms with E-state index in [1.807, 2.05) is 52.4 Å². The molecule has 6 rings (SSSR count). The quantitative estimate of drug-likeness (QED) is 0.135. The van der Waals surface area contributed by atoms with E-state index >= 15 is 0 Å². The number of halogens is 3. The summed E-state index contributed by atoms with van der Waals surface area (Å²) < 4.78 is 41.8. The van der Waals surface area contributed by atoms with Crippen molar-refractivity contribution in [2.75, 3.05) is 6.54 Å². The number of aromatic nitrogens is 2. The van der Waals surface area contributed by atoms with Crippen LogP contribution in [-0.2, 0) is 12.7 Å². The Morgan fingerprint density at radius 2 is 1.74 bits per heavy atom. The van der Waals surface area contributed by atoms with Crippen molar-refractivity contribution in [1.82, 2.24) is 25.1 Å². The summed E-state index contributed by atoms with van der Waals surface area (Å²) in [5.74, 6) is -0.683. The van der Waals surface area contributed by atoms with Crippen LogP contribution < -0.4 is 10.6 Å². The second-order valence-corrected chi connectivity index (χ2v) is 13.5. The standard InChI is InChI=1S/C38H38F3N5O3S/c1-24-23-50-36(43-24)32-14-9-17-46(32)37(49)29-19-28(20-31(21-29)45-15-6-7-16-45)35(48)44-25(2)34(47)33(27-11-4-3-5-12-27)42-22-26-10-8-13-30(18-26)38(39,40)41/h3-8,10-13,15-16,18-21,23,25,32-34,42,47H,9,14,17,22H2,1-2H3,(H,44,48). The largest absolute Gasteiger partial charge is 0.416 e. The lowest BCUT2D eigenvalue weighted by molar-refractivity contribution is -0.137. The van der Waals surface area contributed by atoms with Crippen LogP contribution in [0.15, 0.2) is 103 Å². The molecule has 2 amide bonds. The summed E-state index contributed by atoms with van der Waals surface area (Å²) in [5.41, 5.74) is 2.49. The minimum Gasteiger partial charge on any atom is -0.389 e. The molecule has 0 bridgehead atoms. The Morgan fingerprint density at radius 3 is 2.44 bits per heavy atom. The van der Waals surface area contributed by atoms with E-state index in [2.05, 4.69) is 15.6 Å². The van der Waals surface area contributed by atoms with Gasteiger partial charge in [-0.15, -0.1) is 11.3 Å². The Morgan fingerprint density at radius 1 is 1.00 bits per heavy atom. The Bertz CT molecular complexity index is 1930. The molecule has 4 unspecified atom stereocenters. The monoisotopic (exact) mass is 701 g/mol. The average Bonchev–Trinajstić information content (AvgIpc) is 3.91. The fraction of sp³-hybridized carbons (Fsp3) is 0.289. The van der Waals surface area contributed by atoms with Gasteiger partial charge < -0.3 is 25.2 Å². The van der Waals surface area contributed by atoms with E-state index in [0.717, 1.165) is 35.7 Å². The predicted molar refractivity (Wildman–Crippen MR) is 186 cm³/mol. The number of amides is 2. The predicted octanol–water partition coefficient (Wildman–Crippen LogP) is 7.25. The molecule has 4 atom stereocenters. The van der Waals surface area contributed by atoms with Gasteiger partial charge in [0.2, 0.25) is 0 Å². The van der Waals surface area contributed by atoms with Crippen LogP contribution >= 0.6 is 11.3 Å². The van der Waals surface area contributed by atoms with Crippen LogP contribution in [0.25, 0.3) is 5.69 Å². The molecule has 3 aromatic carbocycles. The second kappa shape index (κ2) is 15.0. The van der Waals surface area contributed by atoms with Crippen LogP contribution in [-0.4, -0.2) is 50.1 Å². The van der Waals surface area contributed by atoms with E-state index in [-0.39, 0.29) is 24.1 Å².